The van der Waals surface area contributed by atoms with Crippen LogP contribution in [0.25, 0.3) is 12.2 Å². The highest BCUT2D eigenvalue weighted by atomic mass is 16.3. The molecule has 0 amide bonds. The number of aliphatic hydroxyl groups is 1. The van der Waals surface area contributed by atoms with Crippen LogP contribution in [-0.4, -0.2) is 34.3 Å². The molecule has 0 aromatic carbocycles. The maximum Gasteiger partial charge on any atom is 0.0546 e. The summed E-state index contributed by atoms with van der Waals surface area (Å²) in [4.78, 5) is 8.00. The van der Waals surface area contributed by atoms with Gasteiger partial charge < -0.3 is 10.4 Å². The highest BCUT2D eigenvalue weighted by Crippen LogP contribution is 2.01. The number of pyridine rings is 2. The molecule has 0 radical (unpaired) electrons. The third-order valence-electron chi connectivity index (χ3n) is 3.45. The normalized spacial score (nSPS) is 13.4. The van der Waals surface area contributed by atoms with E-state index in [9.17, 15) is 0 Å². The van der Waals surface area contributed by atoms with E-state index in [0.717, 1.165) is 17.5 Å². The first-order valence-corrected chi connectivity index (χ1v) is 8.60. The largest absolute Gasteiger partial charge is 0.393 e. The molecule has 4 heteroatoms. The molecular formula is C21H29N3O. The van der Waals surface area contributed by atoms with Crippen molar-refractivity contribution in [3.05, 3.63) is 72.3 Å². The van der Waals surface area contributed by atoms with E-state index in [1.54, 1.807) is 25.5 Å². The SMILES string of the molecule is CN[C@@H](C)C/C=C/c1cccnc1.C[C@@H](O)C/C=C/c1cccnc1. The highest BCUT2D eigenvalue weighted by molar-refractivity contribution is 5.47. The Kier molecular flexibility index (Phi) is 10.8. The standard InChI is InChI=1S/C11H16N2.C10H13NO/c1-10(12-2)5-3-6-11-7-4-8-13-9-11;1-9(12)4-2-5-10-6-3-7-11-8-10/h3-4,6-10,12H,5H2,1-2H3;2-3,5-9,12H,4H2,1H3/b6-3+;5-2+/t10-;9-/m01/s1. The third kappa shape index (κ3) is 11.0. The molecule has 0 aliphatic heterocycles. The molecule has 25 heavy (non-hydrogen) atoms. The minimum Gasteiger partial charge on any atom is -0.393 e. The van der Waals surface area contributed by atoms with Gasteiger partial charge in [-0.2, -0.15) is 0 Å². The Morgan fingerprint density at radius 1 is 0.960 bits per heavy atom. The molecule has 2 rings (SSSR count). The van der Waals surface area contributed by atoms with Gasteiger partial charge in [0, 0.05) is 30.8 Å². The molecule has 2 aromatic heterocycles. The molecule has 0 fully saturated rings. The van der Waals surface area contributed by atoms with E-state index in [-0.39, 0.29) is 6.10 Å². The van der Waals surface area contributed by atoms with Gasteiger partial charge in [0.2, 0.25) is 0 Å². The summed E-state index contributed by atoms with van der Waals surface area (Å²) in [6.07, 6.45) is 16.8. The van der Waals surface area contributed by atoms with Crippen LogP contribution in [-0.2, 0) is 0 Å². The van der Waals surface area contributed by atoms with Crippen molar-refractivity contribution >= 4 is 12.2 Å². The molecule has 2 aromatic rings. The van der Waals surface area contributed by atoms with E-state index < -0.39 is 0 Å². The van der Waals surface area contributed by atoms with E-state index in [4.69, 9.17) is 5.11 Å². The molecular weight excluding hydrogens is 310 g/mol. The van der Waals surface area contributed by atoms with Crippen LogP contribution in [0.1, 0.15) is 37.8 Å². The minimum absolute atomic E-state index is 0.266. The van der Waals surface area contributed by atoms with E-state index in [2.05, 4.69) is 34.4 Å². The Balaban J connectivity index is 0.000000251. The zero-order valence-electron chi connectivity index (χ0n) is 15.3. The Bertz CT molecular complexity index is 610. The molecule has 2 heterocycles. The first kappa shape index (κ1) is 20.7. The first-order chi connectivity index (χ1) is 12.1. The second-order valence-corrected chi connectivity index (χ2v) is 5.89. The molecule has 0 unspecified atom stereocenters. The number of hydrogen-bond donors (Lipinski definition) is 2. The van der Waals surface area contributed by atoms with Gasteiger partial charge in [0.15, 0.2) is 0 Å². The number of rotatable bonds is 7. The smallest absolute Gasteiger partial charge is 0.0546 e. The Morgan fingerprint density at radius 2 is 1.48 bits per heavy atom. The Labute approximate surface area is 151 Å². The van der Waals surface area contributed by atoms with E-state index in [0.29, 0.717) is 12.5 Å². The summed E-state index contributed by atoms with van der Waals surface area (Å²) in [6, 6.07) is 8.40. The lowest BCUT2D eigenvalue weighted by Crippen LogP contribution is -2.19. The van der Waals surface area contributed by atoms with Crippen molar-refractivity contribution in [2.24, 2.45) is 0 Å². The average molecular weight is 339 g/mol. The summed E-state index contributed by atoms with van der Waals surface area (Å²) >= 11 is 0. The number of nitrogens with zero attached hydrogens (tertiary/aromatic N) is 2. The fourth-order valence-corrected chi connectivity index (χ4v) is 1.88. The number of aliphatic hydroxyl groups excluding tert-OH is 1. The molecule has 0 spiro atoms. The van der Waals surface area contributed by atoms with Gasteiger partial charge >= 0.3 is 0 Å². The van der Waals surface area contributed by atoms with Gasteiger partial charge in [0.05, 0.1) is 6.10 Å². The van der Waals surface area contributed by atoms with Crippen molar-refractivity contribution in [3.63, 3.8) is 0 Å². The molecule has 0 aliphatic carbocycles. The fourth-order valence-electron chi connectivity index (χ4n) is 1.88. The van der Waals surface area contributed by atoms with Gasteiger partial charge in [0.25, 0.3) is 0 Å². The van der Waals surface area contributed by atoms with E-state index in [1.165, 1.54) is 0 Å². The van der Waals surface area contributed by atoms with Crippen LogP contribution in [0.2, 0.25) is 0 Å². The predicted octanol–water partition coefficient (Wildman–Crippen LogP) is 3.96. The molecule has 2 N–H and O–H groups in total. The second-order valence-electron chi connectivity index (χ2n) is 5.89. The highest BCUT2D eigenvalue weighted by Gasteiger charge is 1.92. The molecule has 0 aliphatic rings. The first-order valence-electron chi connectivity index (χ1n) is 8.60. The summed E-state index contributed by atoms with van der Waals surface area (Å²) in [5.74, 6) is 0. The van der Waals surface area contributed by atoms with Crippen LogP contribution >= 0.6 is 0 Å². The Morgan fingerprint density at radius 3 is 1.88 bits per heavy atom. The lowest BCUT2D eigenvalue weighted by atomic mass is 10.2. The Hall–Kier alpha value is -2.30. The number of hydrogen-bond acceptors (Lipinski definition) is 4. The zero-order chi connectivity index (χ0) is 18.3. The van der Waals surface area contributed by atoms with Gasteiger partial charge in [-0.15, -0.1) is 0 Å². The monoisotopic (exact) mass is 339 g/mol. The van der Waals surface area contributed by atoms with Gasteiger partial charge in [-0.1, -0.05) is 36.4 Å². The minimum atomic E-state index is -0.266. The van der Waals surface area contributed by atoms with Crippen molar-refractivity contribution in [3.8, 4) is 0 Å². The maximum absolute atomic E-state index is 8.96. The molecule has 4 nitrogen and oxygen atoms in total. The zero-order valence-corrected chi connectivity index (χ0v) is 15.3. The topological polar surface area (TPSA) is 58.0 Å². The van der Waals surface area contributed by atoms with Crippen molar-refractivity contribution in [1.82, 2.24) is 15.3 Å². The molecule has 134 valence electrons. The van der Waals surface area contributed by atoms with Crippen LogP contribution in [0.4, 0.5) is 0 Å². The summed E-state index contributed by atoms with van der Waals surface area (Å²) in [6.45, 7) is 3.93. The maximum atomic E-state index is 8.96. The average Bonchev–Trinajstić information content (AvgIpc) is 2.63. The van der Waals surface area contributed by atoms with Crippen LogP contribution in [0.3, 0.4) is 0 Å². The molecule has 0 saturated heterocycles. The van der Waals surface area contributed by atoms with Crippen LogP contribution in [0.15, 0.2) is 61.2 Å². The van der Waals surface area contributed by atoms with Crippen molar-refractivity contribution in [1.29, 1.82) is 0 Å². The lowest BCUT2D eigenvalue weighted by molar-refractivity contribution is 0.199. The summed E-state index contributed by atoms with van der Waals surface area (Å²) in [5, 5.41) is 12.1. The lowest BCUT2D eigenvalue weighted by Gasteiger charge is -2.04. The van der Waals surface area contributed by atoms with Gasteiger partial charge in [0.1, 0.15) is 0 Å². The summed E-state index contributed by atoms with van der Waals surface area (Å²) in [7, 11) is 1.97. The van der Waals surface area contributed by atoms with Gasteiger partial charge in [-0.05, 0) is 57.0 Å². The van der Waals surface area contributed by atoms with Crippen molar-refractivity contribution in [2.75, 3.05) is 7.05 Å². The van der Waals surface area contributed by atoms with Crippen molar-refractivity contribution < 1.29 is 5.11 Å². The number of nitrogens with one attached hydrogen (secondary N) is 1. The summed E-state index contributed by atoms with van der Waals surface area (Å²) < 4.78 is 0. The fraction of sp³-hybridized carbons (Fsp3) is 0.333. The van der Waals surface area contributed by atoms with Crippen LogP contribution in [0.5, 0.6) is 0 Å². The van der Waals surface area contributed by atoms with Crippen molar-refractivity contribution in [2.45, 2.75) is 38.8 Å². The van der Waals surface area contributed by atoms with Crippen LogP contribution < -0.4 is 5.32 Å². The van der Waals surface area contributed by atoms with Crippen LogP contribution in [0, 0.1) is 0 Å². The van der Waals surface area contributed by atoms with E-state index >= 15 is 0 Å². The molecule has 0 bridgehead atoms. The number of aromatic nitrogens is 2. The second kappa shape index (κ2) is 13.0. The van der Waals surface area contributed by atoms with E-state index in [1.807, 2.05) is 49.7 Å². The summed E-state index contributed by atoms with van der Waals surface area (Å²) in [5.41, 5.74) is 2.23. The molecule has 2 atom stereocenters. The predicted molar refractivity (Wildman–Crippen MR) is 106 cm³/mol. The van der Waals surface area contributed by atoms with Gasteiger partial charge in [-0.25, -0.2) is 0 Å². The van der Waals surface area contributed by atoms with Gasteiger partial charge in [-0.3, -0.25) is 9.97 Å². The molecule has 0 saturated carbocycles. The third-order valence-corrected chi connectivity index (χ3v) is 3.45. The quantitative estimate of drug-likeness (QED) is 0.802.